The molecule has 78 valence electrons. The Morgan fingerprint density at radius 1 is 1.36 bits per heavy atom. The molecule has 1 rings (SSSR count). The van der Waals surface area contributed by atoms with Gasteiger partial charge in [-0.3, -0.25) is 0 Å². The maximum absolute atomic E-state index is 9.54. The van der Waals surface area contributed by atoms with Gasteiger partial charge in [-0.15, -0.1) is 0 Å². The number of nitrogens with two attached hydrogens (primary N) is 1. The Morgan fingerprint density at radius 3 is 2.43 bits per heavy atom. The van der Waals surface area contributed by atoms with Gasteiger partial charge in [0.15, 0.2) is 11.5 Å². The van der Waals surface area contributed by atoms with E-state index in [9.17, 15) is 5.11 Å². The van der Waals surface area contributed by atoms with Crippen molar-refractivity contribution in [3.63, 3.8) is 0 Å². The van der Waals surface area contributed by atoms with E-state index in [4.69, 9.17) is 10.5 Å². The maximum Gasteiger partial charge on any atom is 0.160 e. The van der Waals surface area contributed by atoms with Gasteiger partial charge < -0.3 is 15.6 Å². The third-order valence-corrected chi connectivity index (χ3v) is 2.31. The smallest absolute Gasteiger partial charge is 0.160 e. The van der Waals surface area contributed by atoms with Gasteiger partial charge in [0, 0.05) is 6.04 Å². The van der Waals surface area contributed by atoms with Crippen molar-refractivity contribution in [3.05, 3.63) is 23.8 Å². The van der Waals surface area contributed by atoms with E-state index in [0.717, 1.165) is 5.56 Å². The maximum atomic E-state index is 9.54. The second kappa shape index (κ2) is 4.33. The van der Waals surface area contributed by atoms with Crippen molar-refractivity contribution in [2.45, 2.75) is 19.9 Å². The van der Waals surface area contributed by atoms with Gasteiger partial charge >= 0.3 is 0 Å². The first kappa shape index (κ1) is 10.9. The highest BCUT2D eigenvalue weighted by atomic mass is 16.5. The van der Waals surface area contributed by atoms with Crippen molar-refractivity contribution < 1.29 is 9.84 Å². The number of phenols is 1. The second-order valence-corrected chi connectivity index (χ2v) is 3.70. The zero-order valence-corrected chi connectivity index (χ0v) is 8.82. The highest BCUT2D eigenvalue weighted by Gasteiger charge is 2.12. The van der Waals surface area contributed by atoms with Gasteiger partial charge in [-0.05, 0) is 23.6 Å². The average molecular weight is 195 g/mol. The quantitative estimate of drug-likeness (QED) is 0.776. The predicted octanol–water partition coefficient (Wildman–Crippen LogP) is 2.06. The third kappa shape index (κ3) is 2.17. The SMILES string of the molecule is COc1ccc([C@H](N)C(C)C)cc1O. The van der Waals surface area contributed by atoms with Gasteiger partial charge in [0.05, 0.1) is 7.11 Å². The lowest BCUT2D eigenvalue weighted by molar-refractivity contribution is 0.372. The minimum Gasteiger partial charge on any atom is -0.504 e. The second-order valence-electron chi connectivity index (χ2n) is 3.70. The molecule has 0 fully saturated rings. The van der Waals surface area contributed by atoms with Crippen LogP contribution in [0, 0.1) is 5.92 Å². The molecule has 0 unspecified atom stereocenters. The van der Waals surface area contributed by atoms with Crippen molar-refractivity contribution in [2.75, 3.05) is 7.11 Å². The highest BCUT2D eigenvalue weighted by Crippen LogP contribution is 2.30. The normalized spacial score (nSPS) is 12.9. The molecule has 0 spiro atoms. The molecule has 1 aromatic carbocycles. The van der Waals surface area contributed by atoms with Crippen LogP contribution < -0.4 is 10.5 Å². The van der Waals surface area contributed by atoms with Crippen LogP contribution in [0.2, 0.25) is 0 Å². The summed E-state index contributed by atoms with van der Waals surface area (Å²) in [6.45, 7) is 4.10. The largest absolute Gasteiger partial charge is 0.504 e. The molecule has 0 aliphatic rings. The first-order valence-corrected chi connectivity index (χ1v) is 4.68. The molecule has 0 saturated heterocycles. The van der Waals surface area contributed by atoms with Gasteiger partial charge in [0.2, 0.25) is 0 Å². The number of hydrogen-bond acceptors (Lipinski definition) is 3. The average Bonchev–Trinajstić information content (AvgIpc) is 2.16. The number of aromatic hydroxyl groups is 1. The molecular formula is C11H17NO2. The van der Waals surface area contributed by atoms with Crippen molar-refractivity contribution in [1.82, 2.24) is 0 Å². The number of rotatable bonds is 3. The van der Waals surface area contributed by atoms with Crippen LogP contribution in [0.4, 0.5) is 0 Å². The Hall–Kier alpha value is -1.22. The number of methoxy groups -OCH3 is 1. The molecule has 0 bridgehead atoms. The summed E-state index contributed by atoms with van der Waals surface area (Å²) in [5.41, 5.74) is 6.88. The van der Waals surface area contributed by atoms with E-state index in [1.54, 1.807) is 12.1 Å². The Kier molecular flexibility index (Phi) is 3.36. The summed E-state index contributed by atoms with van der Waals surface area (Å²) in [5.74, 6) is 0.966. The summed E-state index contributed by atoms with van der Waals surface area (Å²) in [6, 6.07) is 5.21. The third-order valence-electron chi connectivity index (χ3n) is 2.31. The molecule has 0 saturated carbocycles. The van der Waals surface area contributed by atoms with E-state index in [2.05, 4.69) is 0 Å². The molecule has 0 radical (unpaired) electrons. The first-order chi connectivity index (χ1) is 6.56. The fourth-order valence-corrected chi connectivity index (χ4v) is 1.30. The summed E-state index contributed by atoms with van der Waals surface area (Å²) in [6.07, 6.45) is 0. The van der Waals surface area contributed by atoms with Crippen molar-refractivity contribution in [1.29, 1.82) is 0 Å². The van der Waals surface area contributed by atoms with Gasteiger partial charge in [0.1, 0.15) is 0 Å². The molecule has 0 aliphatic carbocycles. The number of benzene rings is 1. The van der Waals surface area contributed by atoms with Gasteiger partial charge in [0.25, 0.3) is 0 Å². The first-order valence-electron chi connectivity index (χ1n) is 4.68. The number of phenolic OH excluding ortho intramolecular Hbond substituents is 1. The molecule has 0 amide bonds. The van der Waals surface area contributed by atoms with E-state index in [0.29, 0.717) is 11.7 Å². The summed E-state index contributed by atoms with van der Waals surface area (Å²) in [4.78, 5) is 0. The van der Waals surface area contributed by atoms with Crippen LogP contribution in [0.3, 0.4) is 0 Å². The van der Waals surface area contributed by atoms with E-state index in [-0.39, 0.29) is 11.8 Å². The fourth-order valence-electron chi connectivity index (χ4n) is 1.30. The molecule has 0 aromatic heterocycles. The van der Waals surface area contributed by atoms with Crippen LogP contribution in [0.15, 0.2) is 18.2 Å². The fraction of sp³-hybridized carbons (Fsp3) is 0.455. The lowest BCUT2D eigenvalue weighted by Gasteiger charge is -2.16. The van der Waals surface area contributed by atoms with E-state index in [1.807, 2.05) is 19.9 Å². The van der Waals surface area contributed by atoms with Gasteiger partial charge in [-0.25, -0.2) is 0 Å². The predicted molar refractivity (Wildman–Crippen MR) is 56.4 cm³/mol. The van der Waals surface area contributed by atoms with Crippen LogP contribution in [0.1, 0.15) is 25.5 Å². The Balaban J connectivity index is 2.96. The molecule has 0 heterocycles. The monoisotopic (exact) mass is 195 g/mol. The van der Waals surface area contributed by atoms with E-state index < -0.39 is 0 Å². The van der Waals surface area contributed by atoms with Crippen LogP contribution in [0.25, 0.3) is 0 Å². The molecule has 0 aliphatic heterocycles. The van der Waals surface area contributed by atoms with Crippen molar-refractivity contribution in [3.8, 4) is 11.5 Å². The molecule has 1 aromatic rings. The summed E-state index contributed by atoms with van der Waals surface area (Å²) >= 11 is 0. The number of ether oxygens (including phenoxy) is 1. The van der Waals surface area contributed by atoms with Gasteiger partial charge in [-0.1, -0.05) is 19.9 Å². The van der Waals surface area contributed by atoms with Crippen LogP contribution in [-0.4, -0.2) is 12.2 Å². The molecule has 3 heteroatoms. The topological polar surface area (TPSA) is 55.5 Å². The lowest BCUT2D eigenvalue weighted by Crippen LogP contribution is -2.16. The highest BCUT2D eigenvalue weighted by molar-refractivity contribution is 5.42. The van der Waals surface area contributed by atoms with E-state index >= 15 is 0 Å². The molecule has 3 nitrogen and oxygen atoms in total. The molecule has 14 heavy (non-hydrogen) atoms. The zero-order valence-electron chi connectivity index (χ0n) is 8.82. The standard InChI is InChI=1S/C11H17NO2/c1-7(2)11(12)8-4-5-10(14-3)9(13)6-8/h4-7,11,13H,12H2,1-3H3/t11-/m1/s1. The minimum atomic E-state index is -0.0493. The van der Waals surface area contributed by atoms with E-state index in [1.165, 1.54) is 7.11 Å². The van der Waals surface area contributed by atoms with Crippen LogP contribution >= 0.6 is 0 Å². The molecule has 3 N–H and O–H groups in total. The van der Waals surface area contributed by atoms with Crippen LogP contribution in [0.5, 0.6) is 11.5 Å². The van der Waals surface area contributed by atoms with Gasteiger partial charge in [-0.2, -0.15) is 0 Å². The minimum absolute atomic E-state index is 0.0493. The summed E-state index contributed by atoms with van der Waals surface area (Å²) < 4.78 is 4.95. The van der Waals surface area contributed by atoms with Crippen molar-refractivity contribution >= 4 is 0 Å². The Bertz CT molecular complexity index is 310. The van der Waals surface area contributed by atoms with Crippen LogP contribution in [-0.2, 0) is 0 Å². The molecular weight excluding hydrogens is 178 g/mol. The lowest BCUT2D eigenvalue weighted by atomic mass is 9.97. The Morgan fingerprint density at radius 2 is 2.00 bits per heavy atom. The van der Waals surface area contributed by atoms with Crippen molar-refractivity contribution in [2.24, 2.45) is 11.7 Å². The Labute approximate surface area is 84.5 Å². The zero-order chi connectivity index (χ0) is 10.7. The molecule has 1 atom stereocenters. The summed E-state index contributed by atoms with van der Waals surface area (Å²) in [7, 11) is 1.52. The summed E-state index contributed by atoms with van der Waals surface area (Å²) in [5, 5.41) is 9.54. The number of hydrogen-bond donors (Lipinski definition) is 2.